The number of carbonyl (C=O) groups excluding carboxylic acids is 3. The van der Waals surface area contributed by atoms with Crippen molar-refractivity contribution in [3.63, 3.8) is 0 Å². The van der Waals surface area contributed by atoms with Gasteiger partial charge in [-0.15, -0.1) is 11.8 Å². The lowest BCUT2D eigenvalue weighted by Crippen LogP contribution is -2.31. The van der Waals surface area contributed by atoms with Crippen LogP contribution in [0.5, 0.6) is 0 Å². The van der Waals surface area contributed by atoms with E-state index in [4.69, 9.17) is 10.00 Å². The van der Waals surface area contributed by atoms with Gasteiger partial charge in [-0.25, -0.2) is 0 Å². The number of hydrogen-bond acceptors (Lipinski definition) is 6. The minimum Gasteiger partial charge on any atom is -0.455 e. The quantitative estimate of drug-likeness (QED) is 0.447. The highest BCUT2D eigenvalue weighted by molar-refractivity contribution is 7.98. The molecular weight excluding hydrogens is 342 g/mol. The Hall–Kier alpha value is -2.53. The Morgan fingerprint density at radius 3 is 3.00 bits per heavy atom. The molecule has 1 aliphatic heterocycles. The van der Waals surface area contributed by atoms with Gasteiger partial charge in [0.2, 0.25) is 5.91 Å². The fraction of sp³-hybridized carbons (Fsp3) is 0.412. The van der Waals surface area contributed by atoms with Gasteiger partial charge in [-0.05, 0) is 24.5 Å². The molecule has 0 aromatic heterocycles. The van der Waals surface area contributed by atoms with Crippen LogP contribution in [0.25, 0.3) is 0 Å². The van der Waals surface area contributed by atoms with E-state index >= 15 is 0 Å². The number of nitrogens with zero attached hydrogens (tertiary/aromatic N) is 2. The third-order valence-corrected chi connectivity index (χ3v) is 4.45. The second-order valence-corrected chi connectivity index (χ2v) is 6.35. The molecule has 1 aliphatic rings. The molecule has 0 radical (unpaired) electrons. The van der Waals surface area contributed by atoms with E-state index < -0.39 is 24.4 Å². The van der Waals surface area contributed by atoms with Gasteiger partial charge in [0.15, 0.2) is 6.61 Å². The summed E-state index contributed by atoms with van der Waals surface area (Å²) in [7, 11) is 0. The van der Waals surface area contributed by atoms with Crippen molar-refractivity contribution in [3.8, 4) is 6.07 Å². The molecule has 1 heterocycles. The fourth-order valence-corrected chi connectivity index (χ4v) is 2.91. The van der Waals surface area contributed by atoms with E-state index in [2.05, 4.69) is 5.32 Å². The Labute approximate surface area is 150 Å². The average molecular weight is 361 g/mol. The number of anilines is 1. The molecule has 0 saturated carbocycles. The number of nitriles is 1. The standard InChI is InChI=1S/C17H19N3O4S/c1-25-14-5-2-4-13(9-14)20-10-12(8-16(20)22)17(23)24-11-15(21)19-7-3-6-18/h2,4-5,9,12H,3,7-8,10-11H2,1H3,(H,19,21)/t12-/m0/s1. The highest BCUT2D eigenvalue weighted by atomic mass is 32.2. The third kappa shape index (κ3) is 5.22. The Kier molecular flexibility index (Phi) is 6.83. The van der Waals surface area contributed by atoms with Crippen LogP contribution >= 0.6 is 11.8 Å². The molecule has 1 saturated heterocycles. The first-order valence-electron chi connectivity index (χ1n) is 7.80. The number of rotatable bonds is 7. The molecule has 0 unspecified atom stereocenters. The zero-order valence-electron chi connectivity index (χ0n) is 13.9. The molecule has 8 heteroatoms. The van der Waals surface area contributed by atoms with Crippen LogP contribution in [0.15, 0.2) is 29.2 Å². The van der Waals surface area contributed by atoms with Crippen LogP contribution in [0.4, 0.5) is 5.69 Å². The summed E-state index contributed by atoms with van der Waals surface area (Å²) in [5.41, 5.74) is 0.751. The molecule has 132 valence electrons. The molecular formula is C17H19N3O4S. The Morgan fingerprint density at radius 2 is 2.28 bits per heavy atom. The molecule has 0 spiro atoms. The molecule has 1 aromatic rings. The average Bonchev–Trinajstić information content (AvgIpc) is 3.02. The summed E-state index contributed by atoms with van der Waals surface area (Å²) >= 11 is 1.58. The van der Waals surface area contributed by atoms with Crippen molar-refractivity contribution in [2.45, 2.75) is 17.7 Å². The zero-order chi connectivity index (χ0) is 18.2. The Morgan fingerprint density at radius 1 is 1.48 bits per heavy atom. The minimum absolute atomic E-state index is 0.0678. The summed E-state index contributed by atoms with van der Waals surface area (Å²) in [6, 6.07) is 9.44. The second-order valence-electron chi connectivity index (χ2n) is 5.47. The molecule has 2 rings (SSSR count). The topological polar surface area (TPSA) is 99.5 Å². The van der Waals surface area contributed by atoms with Crippen molar-refractivity contribution in [1.82, 2.24) is 5.32 Å². The van der Waals surface area contributed by atoms with Crippen LogP contribution in [-0.2, 0) is 19.1 Å². The molecule has 2 amide bonds. The van der Waals surface area contributed by atoms with Crippen LogP contribution in [-0.4, -0.2) is 43.7 Å². The number of benzene rings is 1. The summed E-state index contributed by atoms with van der Waals surface area (Å²) < 4.78 is 4.98. The smallest absolute Gasteiger partial charge is 0.311 e. The monoisotopic (exact) mass is 361 g/mol. The van der Waals surface area contributed by atoms with Crippen molar-refractivity contribution in [3.05, 3.63) is 24.3 Å². The van der Waals surface area contributed by atoms with Crippen molar-refractivity contribution in [1.29, 1.82) is 5.26 Å². The molecule has 0 aliphatic carbocycles. The number of hydrogen-bond donors (Lipinski definition) is 1. The van der Waals surface area contributed by atoms with E-state index in [-0.39, 0.29) is 31.8 Å². The number of ether oxygens (including phenoxy) is 1. The summed E-state index contributed by atoms with van der Waals surface area (Å²) in [5, 5.41) is 10.9. The van der Waals surface area contributed by atoms with Gasteiger partial charge in [-0.3, -0.25) is 14.4 Å². The summed E-state index contributed by atoms with van der Waals surface area (Å²) in [4.78, 5) is 38.4. The van der Waals surface area contributed by atoms with Crippen molar-refractivity contribution < 1.29 is 19.1 Å². The number of thioether (sulfide) groups is 1. The molecule has 25 heavy (non-hydrogen) atoms. The van der Waals surface area contributed by atoms with Gasteiger partial charge in [-0.2, -0.15) is 5.26 Å². The van der Waals surface area contributed by atoms with E-state index in [1.54, 1.807) is 16.7 Å². The van der Waals surface area contributed by atoms with Gasteiger partial charge >= 0.3 is 5.97 Å². The Bertz CT molecular complexity index is 701. The van der Waals surface area contributed by atoms with Gasteiger partial charge in [0.1, 0.15) is 0 Å². The summed E-state index contributed by atoms with van der Waals surface area (Å²) in [6.45, 7) is 0.0524. The number of esters is 1. The Balaban J connectivity index is 1.87. The highest BCUT2D eigenvalue weighted by Gasteiger charge is 2.36. The number of carbonyl (C=O) groups is 3. The maximum atomic E-state index is 12.2. The molecule has 7 nitrogen and oxygen atoms in total. The van der Waals surface area contributed by atoms with E-state index in [9.17, 15) is 14.4 Å². The zero-order valence-corrected chi connectivity index (χ0v) is 14.7. The largest absolute Gasteiger partial charge is 0.455 e. The highest BCUT2D eigenvalue weighted by Crippen LogP contribution is 2.28. The lowest BCUT2D eigenvalue weighted by Gasteiger charge is -2.17. The SMILES string of the molecule is CSc1cccc(N2C[C@@H](C(=O)OCC(=O)NCCC#N)CC2=O)c1. The van der Waals surface area contributed by atoms with Crippen molar-refractivity contribution in [2.24, 2.45) is 5.92 Å². The summed E-state index contributed by atoms with van der Waals surface area (Å²) in [6.07, 6.45) is 2.21. The second kappa shape index (κ2) is 9.08. The van der Waals surface area contributed by atoms with Crippen molar-refractivity contribution in [2.75, 3.05) is 30.9 Å². The van der Waals surface area contributed by atoms with Gasteiger partial charge < -0.3 is 15.0 Å². The van der Waals surface area contributed by atoms with E-state index in [1.165, 1.54) is 0 Å². The van der Waals surface area contributed by atoms with Gasteiger partial charge in [0.25, 0.3) is 5.91 Å². The van der Waals surface area contributed by atoms with Crippen LogP contribution in [0.2, 0.25) is 0 Å². The van der Waals surface area contributed by atoms with Crippen LogP contribution in [0.3, 0.4) is 0 Å². The fourth-order valence-electron chi connectivity index (χ4n) is 2.46. The van der Waals surface area contributed by atoms with Crippen LogP contribution in [0, 0.1) is 17.2 Å². The first-order chi connectivity index (χ1) is 12.0. The van der Waals surface area contributed by atoms with E-state index in [1.807, 2.05) is 36.6 Å². The lowest BCUT2D eigenvalue weighted by atomic mass is 10.1. The van der Waals surface area contributed by atoms with E-state index in [0.717, 1.165) is 10.6 Å². The lowest BCUT2D eigenvalue weighted by molar-refractivity contribution is -0.152. The predicted molar refractivity (Wildman–Crippen MR) is 92.9 cm³/mol. The molecule has 1 aromatic carbocycles. The molecule has 1 atom stereocenters. The normalized spacial score (nSPS) is 16.4. The maximum Gasteiger partial charge on any atom is 0.311 e. The van der Waals surface area contributed by atoms with Gasteiger partial charge in [0, 0.05) is 30.1 Å². The predicted octanol–water partition coefficient (Wildman–Crippen LogP) is 1.33. The molecule has 1 N–H and O–H groups in total. The first kappa shape index (κ1) is 18.8. The van der Waals surface area contributed by atoms with Gasteiger partial charge in [-0.1, -0.05) is 6.07 Å². The number of nitrogens with one attached hydrogen (secondary N) is 1. The van der Waals surface area contributed by atoms with Crippen LogP contribution in [0.1, 0.15) is 12.8 Å². The third-order valence-electron chi connectivity index (χ3n) is 3.73. The van der Waals surface area contributed by atoms with E-state index in [0.29, 0.717) is 0 Å². The summed E-state index contributed by atoms with van der Waals surface area (Å²) in [5.74, 6) is -1.75. The molecule has 0 bridgehead atoms. The van der Waals surface area contributed by atoms with Gasteiger partial charge in [0.05, 0.1) is 18.4 Å². The maximum absolute atomic E-state index is 12.2. The number of amides is 2. The first-order valence-corrected chi connectivity index (χ1v) is 9.02. The molecule has 1 fully saturated rings. The minimum atomic E-state index is -0.586. The van der Waals surface area contributed by atoms with Crippen LogP contribution < -0.4 is 10.2 Å². The van der Waals surface area contributed by atoms with Crippen molar-refractivity contribution >= 4 is 35.2 Å².